The van der Waals surface area contributed by atoms with Crippen molar-refractivity contribution >= 4 is 11.8 Å². The monoisotopic (exact) mass is 212 g/mol. The lowest BCUT2D eigenvalue weighted by Gasteiger charge is -1.99. The van der Waals surface area contributed by atoms with Crippen LogP contribution >= 0.6 is 11.8 Å². The van der Waals surface area contributed by atoms with Gasteiger partial charge in [0.1, 0.15) is 5.03 Å². The molecule has 0 aliphatic heterocycles. The van der Waals surface area contributed by atoms with E-state index in [-0.39, 0.29) is 0 Å². The molecule has 0 fully saturated rings. The molecule has 2 nitrogen and oxygen atoms in total. The molecule has 2 rings (SSSR count). The van der Waals surface area contributed by atoms with Crippen molar-refractivity contribution in [1.82, 2.24) is 4.98 Å². The average molecular weight is 212 g/mol. The Morgan fingerprint density at radius 3 is 2.47 bits per heavy atom. The molecular weight excluding hydrogens is 204 g/mol. The fraction of sp³-hybridized carbons (Fsp3) is 0. The second kappa shape index (κ2) is 4.63. The lowest BCUT2D eigenvalue weighted by atomic mass is 10.2. The van der Waals surface area contributed by atoms with E-state index in [2.05, 4.69) is 11.1 Å². The van der Waals surface area contributed by atoms with Gasteiger partial charge in [0, 0.05) is 11.1 Å². The van der Waals surface area contributed by atoms with E-state index in [1.807, 2.05) is 42.5 Å². The highest BCUT2D eigenvalue weighted by Gasteiger charge is 1.97. The van der Waals surface area contributed by atoms with E-state index < -0.39 is 0 Å². The molecule has 2 aromatic rings. The Morgan fingerprint density at radius 2 is 1.87 bits per heavy atom. The molecule has 0 amide bonds. The average Bonchev–Trinajstić information content (AvgIpc) is 2.31. The molecule has 3 heteroatoms. The SMILES string of the molecule is N#Cc1ccc(Sc2ccccn2)cc1. The quantitative estimate of drug-likeness (QED) is 0.767. The van der Waals surface area contributed by atoms with Crippen molar-refractivity contribution in [3.8, 4) is 6.07 Å². The predicted molar refractivity (Wildman–Crippen MR) is 59.5 cm³/mol. The summed E-state index contributed by atoms with van der Waals surface area (Å²) in [5, 5.41) is 9.61. The molecule has 0 N–H and O–H groups in total. The van der Waals surface area contributed by atoms with Crippen LogP contribution in [-0.4, -0.2) is 4.98 Å². The molecule has 1 heterocycles. The first-order valence-electron chi connectivity index (χ1n) is 4.47. The summed E-state index contributed by atoms with van der Waals surface area (Å²) in [5.74, 6) is 0. The van der Waals surface area contributed by atoms with E-state index in [1.54, 1.807) is 18.0 Å². The molecule has 0 atom stereocenters. The number of hydrogen-bond acceptors (Lipinski definition) is 3. The Morgan fingerprint density at radius 1 is 1.07 bits per heavy atom. The van der Waals surface area contributed by atoms with Crippen LogP contribution in [0, 0.1) is 11.3 Å². The maximum Gasteiger partial charge on any atom is 0.101 e. The fourth-order valence-corrected chi connectivity index (χ4v) is 1.90. The third-order valence-electron chi connectivity index (χ3n) is 1.84. The number of nitrogens with zero attached hydrogens (tertiary/aromatic N) is 2. The van der Waals surface area contributed by atoms with Gasteiger partial charge in [0.25, 0.3) is 0 Å². The first kappa shape index (κ1) is 9.75. The van der Waals surface area contributed by atoms with Crippen LogP contribution in [0.5, 0.6) is 0 Å². The van der Waals surface area contributed by atoms with Gasteiger partial charge in [0.2, 0.25) is 0 Å². The minimum Gasteiger partial charge on any atom is -0.250 e. The van der Waals surface area contributed by atoms with Crippen molar-refractivity contribution in [3.63, 3.8) is 0 Å². The second-order valence-corrected chi connectivity index (χ2v) is 4.00. The van der Waals surface area contributed by atoms with Gasteiger partial charge in [-0.15, -0.1) is 0 Å². The Bertz CT molecular complexity index is 471. The van der Waals surface area contributed by atoms with Crippen LogP contribution in [0.3, 0.4) is 0 Å². The van der Waals surface area contributed by atoms with E-state index in [4.69, 9.17) is 5.26 Å². The fourth-order valence-electron chi connectivity index (χ4n) is 1.13. The molecule has 0 spiro atoms. The molecule has 0 saturated carbocycles. The highest BCUT2D eigenvalue weighted by atomic mass is 32.2. The Labute approximate surface area is 92.6 Å². The number of pyridine rings is 1. The molecule has 0 radical (unpaired) electrons. The zero-order valence-corrected chi connectivity index (χ0v) is 8.74. The number of nitriles is 1. The zero-order valence-electron chi connectivity index (χ0n) is 7.92. The summed E-state index contributed by atoms with van der Waals surface area (Å²) in [4.78, 5) is 5.31. The van der Waals surface area contributed by atoms with Crippen molar-refractivity contribution < 1.29 is 0 Å². The number of benzene rings is 1. The standard InChI is InChI=1S/C12H8N2S/c13-9-10-4-6-11(7-5-10)15-12-3-1-2-8-14-12/h1-8H. The van der Waals surface area contributed by atoms with E-state index in [0.29, 0.717) is 5.56 Å². The second-order valence-electron chi connectivity index (χ2n) is 2.91. The number of aromatic nitrogens is 1. The lowest BCUT2D eigenvalue weighted by Crippen LogP contribution is -1.78. The normalized spacial score (nSPS) is 9.53. The molecule has 0 saturated heterocycles. The zero-order chi connectivity index (χ0) is 10.5. The summed E-state index contributed by atoms with van der Waals surface area (Å²) in [7, 11) is 0. The third kappa shape index (κ3) is 2.58. The summed E-state index contributed by atoms with van der Waals surface area (Å²) >= 11 is 1.59. The maximum atomic E-state index is 8.65. The number of rotatable bonds is 2. The Hall–Kier alpha value is -1.79. The minimum atomic E-state index is 0.681. The van der Waals surface area contributed by atoms with Gasteiger partial charge >= 0.3 is 0 Å². The van der Waals surface area contributed by atoms with Crippen LogP contribution in [0.1, 0.15) is 5.56 Å². The minimum absolute atomic E-state index is 0.681. The molecule has 1 aromatic carbocycles. The molecule has 72 valence electrons. The smallest absolute Gasteiger partial charge is 0.101 e. The van der Waals surface area contributed by atoms with Crippen LogP contribution in [0.25, 0.3) is 0 Å². The molecule has 0 unspecified atom stereocenters. The van der Waals surface area contributed by atoms with Crippen LogP contribution in [0.4, 0.5) is 0 Å². The van der Waals surface area contributed by atoms with Crippen LogP contribution in [0.2, 0.25) is 0 Å². The molecule has 15 heavy (non-hydrogen) atoms. The first-order valence-corrected chi connectivity index (χ1v) is 5.29. The Kier molecular flexibility index (Phi) is 3.01. The predicted octanol–water partition coefficient (Wildman–Crippen LogP) is 3.10. The summed E-state index contributed by atoms with van der Waals surface area (Å²) in [6, 6.07) is 15.4. The first-order chi connectivity index (χ1) is 7.38. The highest BCUT2D eigenvalue weighted by molar-refractivity contribution is 7.99. The molecule has 0 bridgehead atoms. The van der Waals surface area contributed by atoms with E-state index in [9.17, 15) is 0 Å². The van der Waals surface area contributed by atoms with Crippen molar-refractivity contribution in [2.24, 2.45) is 0 Å². The van der Waals surface area contributed by atoms with Gasteiger partial charge in [-0.25, -0.2) is 4.98 Å². The van der Waals surface area contributed by atoms with Crippen LogP contribution in [-0.2, 0) is 0 Å². The molecule has 1 aromatic heterocycles. The van der Waals surface area contributed by atoms with Gasteiger partial charge < -0.3 is 0 Å². The summed E-state index contributed by atoms with van der Waals surface area (Å²) in [5.41, 5.74) is 0.681. The maximum absolute atomic E-state index is 8.65. The van der Waals surface area contributed by atoms with E-state index >= 15 is 0 Å². The summed E-state index contributed by atoms with van der Waals surface area (Å²) in [6.07, 6.45) is 1.77. The van der Waals surface area contributed by atoms with Gasteiger partial charge in [-0.1, -0.05) is 17.8 Å². The van der Waals surface area contributed by atoms with Gasteiger partial charge in [-0.05, 0) is 36.4 Å². The molecule has 0 aliphatic rings. The largest absolute Gasteiger partial charge is 0.250 e. The summed E-state index contributed by atoms with van der Waals surface area (Å²) in [6.45, 7) is 0. The third-order valence-corrected chi connectivity index (χ3v) is 2.80. The molecule has 0 aliphatic carbocycles. The molecular formula is C12H8N2S. The Balaban J connectivity index is 2.16. The van der Waals surface area contributed by atoms with Gasteiger partial charge in [0.15, 0.2) is 0 Å². The topological polar surface area (TPSA) is 36.7 Å². The number of hydrogen-bond donors (Lipinski definition) is 0. The van der Waals surface area contributed by atoms with Gasteiger partial charge in [0.05, 0.1) is 11.6 Å². The van der Waals surface area contributed by atoms with E-state index in [1.165, 1.54) is 0 Å². The van der Waals surface area contributed by atoms with Gasteiger partial charge in [-0.2, -0.15) is 5.26 Å². The van der Waals surface area contributed by atoms with Crippen molar-refractivity contribution in [3.05, 3.63) is 54.2 Å². The lowest BCUT2D eigenvalue weighted by molar-refractivity contribution is 1.13. The van der Waals surface area contributed by atoms with E-state index in [0.717, 1.165) is 9.92 Å². The van der Waals surface area contributed by atoms with Crippen molar-refractivity contribution in [2.45, 2.75) is 9.92 Å². The summed E-state index contributed by atoms with van der Waals surface area (Å²) < 4.78 is 0. The van der Waals surface area contributed by atoms with Crippen molar-refractivity contribution in [1.29, 1.82) is 5.26 Å². The van der Waals surface area contributed by atoms with Crippen LogP contribution in [0.15, 0.2) is 58.6 Å². The highest BCUT2D eigenvalue weighted by Crippen LogP contribution is 2.25. The van der Waals surface area contributed by atoms with Gasteiger partial charge in [-0.3, -0.25) is 0 Å². The van der Waals surface area contributed by atoms with Crippen molar-refractivity contribution in [2.75, 3.05) is 0 Å². The van der Waals surface area contributed by atoms with Crippen LogP contribution < -0.4 is 0 Å².